The number of nitrogen functional groups attached to an aromatic ring is 1. The number of rotatable bonds is 1. The van der Waals surface area contributed by atoms with Crippen molar-refractivity contribution in [3.63, 3.8) is 0 Å². The van der Waals surface area contributed by atoms with E-state index in [1.54, 1.807) is 12.3 Å². The molecule has 0 bridgehead atoms. The van der Waals surface area contributed by atoms with Gasteiger partial charge in [0.2, 0.25) is 0 Å². The van der Waals surface area contributed by atoms with E-state index in [0.29, 0.717) is 17.4 Å². The summed E-state index contributed by atoms with van der Waals surface area (Å²) in [4.78, 5) is 4.70. The van der Waals surface area contributed by atoms with Crippen molar-refractivity contribution in [3.05, 3.63) is 52.8 Å². The van der Waals surface area contributed by atoms with E-state index in [9.17, 15) is 5.11 Å². The van der Waals surface area contributed by atoms with Gasteiger partial charge in [0.05, 0.1) is 17.6 Å². The largest absolute Gasteiger partial charge is 0.508 e. The first kappa shape index (κ1) is 14.3. The Bertz CT molecular complexity index is 708. The lowest BCUT2D eigenvalue weighted by Crippen LogP contribution is -2.32. The highest BCUT2D eigenvalue weighted by Crippen LogP contribution is 2.42. The summed E-state index contributed by atoms with van der Waals surface area (Å²) < 4.78 is 0. The Morgan fingerprint density at radius 1 is 1.09 bits per heavy atom. The van der Waals surface area contributed by atoms with Crippen LogP contribution in [0, 0.1) is 5.92 Å². The van der Waals surface area contributed by atoms with Crippen LogP contribution in [0.4, 0.5) is 5.69 Å². The van der Waals surface area contributed by atoms with E-state index in [1.807, 2.05) is 12.1 Å². The van der Waals surface area contributed by atoms with Crippen molar-refractivity contribution in [2.75, 3.05) is 18.8 Å². The fourth-order valence-electron chi connectivity index (χ4n) is 3.87. The molecule has 4 rings (SSSR count). The zero-order valence-corrected chi connectivity index (χ0v) is 13.0. The highest BCUT2D eigenvalue weighted by molar-refractivity contribution is 5.77. The van der Waals surface area contributed by atoms with Crippen molar-refractivity contribution in [2.45, 2.75) is 18.8 Å². The van der Waals surface area contributed by atoms with E-state index < -0.39 is 0 Å². The SMILES string of the molecule is Nc1cnc2c(c1)C=Cc1cc(O)ccc1C2C1CCNCC1. The number of nitrogens with zero attached hydrogens (tertiary/aromatic N) is 1. The van der Waals surface area contributed by atoms with E-state index in [0.717, 1.165) is 42.8 Å². The second-order valence-corrected chi connectivity index (χ2v) is 6.45. The molecule has 2 aromatic rings. The number of anilines is 1. The summed E-state index contributed by atoms with van der Waals surface area (Å²) in [5.41, 5.74) is 11.1. The molecule has 0 amide bonds. The van der Waals surface area contributed by atoms with Crippen LogP contribution in [-0.4, -0.2) is 23.2 Å². The van der Waals surface area contributed by atoms with Crippen molar-refractivity contribution in [1.82, 2.24) is 10.3 Å². The van der Waals surface area contributed by atoms with Crippen molar-refractivity contribution in [1.29, 1.82) is 0 Å². The summed E-state index contributed by atoms with van der Waals surface area (Å²) >= 11 is 0. The highest BCUT2D eigenvalue weighted by Gasteiger charge is 2.31. The van der Waals surface area contributed by atoms with Gasteiger partial charge in [-0.15, -0.1) is 0 Å². The fourth-order valence-corrected chi connectivity index (χ4v) is 3.87. The van der Waals surface area contributed by atoms with Gasteiger partial charge in [0.1, 0.15) is 5.75 Å². The number of phenolic OH excluding ortho intramolecular Hbond substituents is 1. The number of hydrogen-bond donors (Lipinski definition) is 3. The molecule has 1 aromatic carbocycles. The van der Waals surface area contributed by atoms with Crippen molar-refractivity contribution >= 4 is 17.8 Å². The normalized spacial score (nSPS) is 20.6. The Hall–Kier alpha value is -2.33. The number of aromatic nitrogens is 1. The summed E-state index contributed by atoms with van der Waals surface area (Å²) in [7, 11) is 0. The molecule has 23 heavy (non-hydrogen) atoms. The van der Waals surface area contributed by atoms with Crippen LogP contribution >= 0.6 is 0 Å². The summed E-state index contributed by atoms with van der Waals surface area (Å²) in [5.74, 6) is 1.10. The number of piperidine rings is 1. The lowest BCUT2D eigenvalue weighted by Gasteiger charge is -2.32. The monoisotopic (exact) mass is 307 g/mol. The maximum atomic E-state index is 9.86. The van der Waals surface area contributed by atoms with Crippen LogP contribution in [0.2, 0.25) is 0 Å². The minimum atomic E-state index is 0.248. The average molecular weight is 307 g/mol. The number of pyridine rings is 1. The third kappa shape index (κ3) is 2.59. The van der Waals surface area contributed by atoms with Crippen LogP contribution in [0.3, 0.4) is 0 Å². The first-order valence-corrected chi connectivity index (χ1v) is 8.19. The van der Waals surface area contributed by atoms with Crippen molar-refractivity contribution in [2.24, 2.45) is 5.92 Å². The molecule has 118 valence electrons. The Balaban J connectivity index is 1.90. The molecule has 0 spiro atoms. The van der Waals surface area contributed by atoms with Gasteiger partial charge in [0, 0.05) is 5.92 Å². The fraction of sp³-hybridized carbons (Fsp3) is 0.316. The lowest BCUT2D eigenvalue weighted by atomic mass is 9.76. The molecule has 1 unspecified atom stereocenters. The molecule has 0 saturated carbocycles. The van der Waals surface area contributed by atoms with Crippen LogP contribution in [0.5, 0.6) is 5.75 Å². The predicted octanol–water partition coefficient (Wildman–Crippen LogP) is 2.98. The number of benzene rings is 1. The van der Waals surface area contributed by atoms with Crippen LogP contribution in [-0.2, 0) is 0 Å². The number of fused-ring (bicyclic) bond motifs is 2. The van der Waals surface area contributed by atoms with E-state index >= 15 is 0 Å². The molecule has 1 saturated heterocycles. The van der Waals surface area contributed by atoms with Crippen LogP contribution in [0.1, 0.15) is 41.1 Å². The summed E-state index contributed by atoms with van der Waals surface area (Å²) in [6.45, 7) is 2.10. The van der Waals surface area contributed by atoms with E-state index in [2.05, 4.69) is 23.5 Å². The molecule has 0 radical (unpaired) electrons. The average Bonchev–Trinajstić information content (AvgIpc) is 2.72. The molecule has 1 atom stereocenters. The molecule has 4 N–H and O–H groups in total. The maximum absolute atomic E-state index is 9.86. The molecular formula is C19H21N3O. The summed E-state index contributed by atoms with van der Waals surface area (Å²) in [6, 6.07) is 7.67. The molecule has 1 fully saturated rings. The van der Waals surface area contributed by atoms with Gasteiger partial charge in [0.15, 0.2) is 0 Å². The number of nitrogens with one attached hydrogen (secondary N) is 1. The third-order valence-electron chi connectivity index (χ3n) is 4.97. The van der Waals surface area contributed by atoms with Crippen LogP contribution in [0.25, 0.3) is 12.2 Å². The van der Waals surface area contributed by atoms with Crippen molar-refractivity contribution in [3.8, 4) is 5.75 Å². The van der Waals surface area contributed by atoms with Gasteiger partial charge in [0.25, 0.3) is 0 Å². The standard InChI is InChI=1S/C19H21N3O/c20-15-9-14-2-1-13-10-16(23)3-4-17(13)18(19(14)22-11-15)12-5-7-21-8-6-12/h1-4,9-12,18,21,23H,5-8,20H2. The Labute approximate surface area is 136 Å². The second kappa shape index (κ2) is 5.70. The Kier molecular flexibility index (Phi) is 3.54. The van der Waals surface area contributed by atoms with E-state index in [4.69, 9.17) is 10.7 Å². The molecule has 2 aliphatic rings. The minimum Gasteiger partial charge on any atom is -0.508 e. The zero-order valence-electron chi connectivity index (χ0n) is 13.0. The third-order valence-corrected chi connectivity index (χ3v) is 4.97. The van der Waals surface area contributed by atoms with Gasteiger partial charge in [-0.05, 0) is 66.7 Å². The topological polar surface area (TPSA) is 71.2 Å². The van der Waals surface area contributed by atoms with Gasteiger partial charge in [-0.3, -0.25) is 4.98 Å². The molecule has 1 aromatic heterocycles. The molecular weight excluding hydrogens is 286 g/mol. The number of aromatic hydroxyl groups is 1. The summed E-state index contributed by atoms with van der Waals surface area (Å²) in [5, 5.41) is 13.3. The van der Waals surface area contributed by atoms with Crippen LogP contribution in [0.15, 0.2) is 30.5 Å². The first-order chi connectivity index (χ1) is 11.2. The first-order valence-electron chi connectivity index (χ1n) is 8.19. The second-order valence-electron chi connectivity index (χ2n) is 6.45. The highest BCUT2D eigenvalue weighted by atomic mass is 16.3. The number of phenols is 1. The minimum absolute atomic E-state index is 0.248. The predicted molar refractivity (Wildman–Crippen MR) is 93.1 cm³/mol. The zero-order chi connectivity index (χ0) is 15.8. The number of nitrogens with two attached hydrogens (primary N) is 1. The molecule has 4 nitrogen and oxygen atoms in total. The Morgan fingerprint density at radius 2 is 1.87 bits per heavy atom. The van der Waals surface area contributed by atoms with Crippen LogP contribution < -0.4 is 11.1 Å². The maximum Gasteiger partial charge on any atom is 0.116 e. The Morgan fingerprint density at radius 3 is 2.70 bits per heavy atom. The molecule has 4 heteroatoms. The van der Waals surface area contributed by atoms with E-state index in [-0.39, 0.29) is 5.92 Å². The van der Waals surface area contributed by atoms with Gasteiger partial charge < -0.3 is 16.2 Å². The molecule has 2 heterocycles. The van der Waals surface area contributed by atoms with Gasteiger partial charge in [-0.2, -0.15) is 0 Å². The smallest absolute Gasteiger partial charge is 0.116 e. The van der Waals surface area contributed by atoms with Gasteiger partial charge in [-0.25, -0.2) is 0 Å². The summed E-state index contributed by atoms with van der Waals surface area (Å²) in [6.07, 6.45) is 8.16. The van der Waals surface area contributed by atoms with Gasteiger partial charge >= 0.3 is 0 Å². The lowest BCUT2D eigenvalue weighted by molar-refractivity contribution is 0.338. The number of hydrogen-bond acceptors (Lipinski definition) is 4. The van der Waals surface area contributed by atoms with E-state index in [1.165, 1.54) is 5.56 Å². The van der Waals surface area contributed by atoms with Gasteiger partial charge in [-0.1, -0.05) is 18.2 Å². The molecule has 1 aliphatic carbocycles. The quantitative estimate of drug-likeness (QED) is 0.757. The van der Waals surface area contributed by atoms with Crippen molar-refractivity contribution < 1.29 is 5.11 Å². The molecule has 1 aliphatic heterocycles.